The maximum atomic E-state index is 11.2. The highest BCUT2D eigenvalue weighted by Gasteiger charge is 2.37. The van der Waals surface area contributed by atoms with E-state index in [2.05, 4.69) is 17.2 Å². The number of nitrogens with zero attached hydrogens (tertiary/aromatic N) is 1. The molecule has 0 bridgehead atoms. The van der Waals surface area contributed by atoms with E-state index in [1.54, 1.807) is 18.2 Å². The Balaban J connectivity index is 1.97. The Morgan fingerprint density at radius 3 is 2.90 bits per heavy atom. The fourth-order valence-electron chi connectivity index (χ4n) is 2.70. The molecule has 2 N–H and O–H groups in total. The van der Waals surface area contributed by atoms with Crippen molar-refractivity contribution < 1.29 is 14.6 Å². The summed E-state index contributed by atoms with van der Waals surface area (Å²) in [6.45, 7) is 4.90. The van der Waals surface area contributed by atoms with Gasteiger partial charge in [0.25, 0.3) is 0 Å². The molecule has 0 spiro atoms. The summed E-state index contributed by atoms with van der Waals surface area (Å²) in [4.78, 5) is 15.7. The molecule has 0 amide bonds. The van der Waals surface area contributed by atoms with Crippen LogP contribution in [0.1, 0.15) is 30.6 Å². The standard InChI is InChI=1S/C16H18N2O3/c1-10-16(2,8-9-21-10)18-14-7-6-11-12(15(19)20)4-3-5-13(11)17-14/h3-7,10H,8-9H2,1-2H3,(H,17,18)(H,19,20). The van der Waals surface area contributed by atoms with Gasteiger partial charge >= 0.3 is 5.97 Å². The average Bonchev–Trinajstić information content (AvgIpc) is 2.77. The van der Waals surface area contributed by atoms with Gasteiger partial charge in [0.2, 0.25) is 0 Å². The van der Waals surface area contributed by atoms with E-state index in [0.29, 0.717) is 10.9 Å². The van der Waals surface area contributed by atoms with Crippen molar-refractivity contribution in [3.63, 3.8) is 0 Å². The first-order chi connectivity index (χ1) is 9.99. The second-order valence-electron chi connectivity index (χ2n) is 5.68. The molecule has 0 saturated carbocycles. The van der Waals surface area contributed by atoms with Crippen LogP contribution in [-0.2, 0) is 4.74 Å². The highest BCUT2D eigenvalue weighted by atomic mass is 16.5. The van der Waals surface area contributed by atoms with Crippen molar-refractivity contribution in [3.8, 4) is 0 Å². The number of carbonyl (C=O) groups is 1. The molecule has 2 atom stereocenters. The zero-order valence-electron chi connectivity index (χ0n) is 12.1. The zero-order chi connectivity index (χ0) is 15.0. The number of rotatable bonds is 3. The fraction of sp³-hybridized carbons (Fsp3) is 0.375. The Hall–Kier alpha value is -2.14. The molecule has 0 aliphatic carbocycles. The van der Waals surface area contributed by atoms with Crippen LogP contribution in [0.25, 0.3) is 10.9 Å². The molecule has 1 aliphatic heterocycles. The average molecular weight is 286 g/mol. The molecule has 1 aliphatic rings. The lowest BCUT2D eigenvalue weighted by Crippen LogP contribution is -2.41. The Labute approximate surface area is 123 Å². The first kappa shape index (κ1) is 13.8. The van der Waals surface area contributed by atoms with E-state index >= 15 is 0 Å². The summed E-state index contributed by atoms with van der Waals surface area (Å²) >= 11 is 0. The van der Waals surface area contributed by atoms with Crippen LogP contribution in [0.4, 0.5) is 5.82 Å². The zero-order valence-corrected chi connectivity index (χ0v) is 12.1. The van der Waals surface area contributed by atoms with Crippen molar-refractivity contribution in [2.75, 3.05) is 11.9 Å². The molecule has 0 radical (unpaired) electrons. The third kappa shape index (κ3) is 2.45. The number of ether oxygens (including phenoxy) is 1. The van der Waals surface area contributed by atoms with E-state index in [1.165, 1.54) is 0 Å². The van der Waals surface area contributed by atoms with E-state index in [-0.39, 0.29) is 17.2 Å². The second-order valence-corrected chi connectivity index (χ2v) is 5.68. The number of benzene rings is 1. The van der Waals surface area contributed by atoms with Crippen molar-refractivity contribution in [1.82, 2.24) is 4.98 Å². The predicted octanol–water partition coefficient (Wildman–Crippen LogP) is 2.91. The number of pyridine rings is 1. The number of aromatic nitrogens is 1. The number of aromatic carboxylic acids is 1. The molecular formula is C16H18N2O3. The molecule has 1 aromatic heterocycles. The molecule has 110 valence electrons. The maximum absolute atomic E-state index is 11.2. The van der Waals surface area contributed by atoms with Crippen LogP contribution in [0.3, 0.4) is 0 Å². The minimum absolute atomic E-state index is 0.111. The van der Waals surface area contributed by atoms with E-state index < -0.39 is 5.97 Å². The number of hydrogen-bond donors (Lipinski definition) is 2. The van der Waals surface area contributed by atoms with E-state index in [0.717, 1.165) is 18.8 Å². The Kier molecular flexibility index (Phi) is 3.29. The molecule has 2 aromatic rings. The number of fused-ring (bicyclic) bond motifs is 1. The van der Waals surface area contributed by atoms with Crippen LogP contribution in [0, 0.1) is 0 Å². The molecule has 1 aromatic carbocycles. The second kappa shape index (κ2) is 5.00. The summed E-state index contributed by atoms with van der Waals surface area (Å²) in [6, 6.07) is 8.76. The lowest BCUT2D eigenvalue weighted by atomic mass is 9.94. The normalized spacial score (nSPS) is 25.1. The smallest absolute Gasteiger partial charge is 0.336 e. The molecule has 21 heavy (non-hydrogen) atoms. The third-order valence-electron chi connectivity index (χ3n) is 4.26. The number of nitrogens with one attached hydrogen (secondary N) is 1. The van der Waals surface area contributed by atoms with E-state index in [4.69, 9.17) is 4.74 Å². The van der Waals surface area contributed by atoms with Gasteiger partial charge in [-0.2, -0.15) is 0 Å². The molecule has 2 unspecified atom stereocenters. The van der Waals surface area contributed by atoms with Gasteiger partial charge in [0, 0.05) is 12.0 Å². The van der Waals surface area contributed by atoms with Crippen LogP contribution in [0.15, 0.2) is 30.3 Å². The summed E-state index contributed by atoms with van der Waals surface area (Å²) < 4.78 is 5.61. The van der Waals surface area contributed by atoms with Gasteiger partial charge < -0.3 is 15.2 Å². The van der Waals surface area contributed by atoms with Crippen molar-refractivity contribution in [3.05, 3.63) is 35.9 Å². The van der Waals surface area contributed by atoms with E-state index in [1.807, 2.05) is 19.1 Å². The molecular weight excluding hydrogens is 268 g/mol. The summed E-state index contributed by atoms with van der Waals surface area (Å²) in [5.74, 6) is -0.197. The van der Waals surface area contributed by atoms with Crippen LogP contribution in [0.5, 0.6) is 0 Å². The van der Waals surface area contributed by atoms with Gasteiger partial charge in [-0.15, -0.1) is 0 Å². The van der Waals surface area contributed by atoms with Gasteiger partial charge in [0.05, 0.1) is 22.7 Å². The van der Waals surface area contributed by atoms with Crippen molar-refractivity contribution >= 4 is 22.7 Å². The highest BCUT2D eigenvalue weighted by Crippen LogP contribution is 2.29. The maximum Gasteiger partial charge on any atom is 0.336 e. The lowest BCUT2D eigenvalue weighted by molar-refractivity contribution is 0.0699. The molecule has 2 heterocycles. The van der Waals surface area contributed by atoms with Gasteiger partial charge in [-0.25, -0.2) is 9.78 Å². The van der Waals surface area contributed by atoms with Crippen molar-refractivity contribution in [1.29, 1.82) is 0 Å². The lowest BCUT2D eigenvalue weighted by Gasteiger charge is -2.29. The summed E-state index contributed by atoms with van der Waals surface area (Å²) in [6.07, 6.45) is 1.03. The SMILES string of the molecule is CC1OCCC1(C)Nc1ccc2c(C(=O)O)cccc2n1. The minimum atomic E-state index is -0.937. The van der Waals surface area contributed by atoms with Crippen LogP contribution in [-0.4, -0.2) is 34.3 Å². The summed E-state index contributed by atoms with van der Waals surface area (Å²) in [5, 5.41) is 13.3. The Bertz CT molecular complexity index is 701. The van der Waals surface area contributed by atoms with Crippen LogP contribution < -0.4 is 5.32 Å². The number of anilines is 1. The first-order valence-electron chi connectivity index (χ1n) is 7.02. The summed E-state index contributed by atoms with van der Waals surface area (Å²) in [5.41, 5.74) is 0.802. The topological polar surface area (TPSA) is 71.5 Å². The highest BCUT2D eigenvalue weighted by molar-refractivity contribution is 6.02. The number of hydrogen-bond acceptors (Lipinski definition) is 4. The van der Waals surface area contributed by atoms with Gasteiger partial charge in [-0.1, -0.05) is 6.07 Å². The van der Waals surface area contributed by atoms with Crippen LogP contribution in [0.2, 0.25) is 0 Å². The molecule has 5 heteroatoms. The van der Waals surface area contributed by atoms with Gasteiger partial charge in [-0.05, 0) is 44.5 Å². The van der Waals surface area contributed by atoms with Crippen LogP contribution >= 0.6 is 0 Å². The number of carboxylic acids is 1. The van der Waals surface area contributed by atoms with Crippen molar-refractivity contribution in [2.45, 2.75) is 31.9 Å². The Morgan fingerprint density at radius 2 is 2.24 bits per heavy atom. The molecule has 5 nitrogen and oxygen atoms in total. The monoisotopic (exact) mass is 286 g/mol. The van der Waals surface area contributed by atoms with Gasteiger partial charge in [0.1, 0.15) is 5.82 Å². The first-order valence-corrected chi connectivity index (χ1v) is 7.02. The third-order valence-corrected chi connectivity index (χ3v) is 4.26. The minimum Gasteiger partial charge on any atom is -0.478 e. The fourth-order valence-corrected chi connectivity index (χ4v) is 2.70. The van der Waals surface area contributed by atoms with Gasteiger partial charge in [0.15, 0.2) is 0 Å². The quantitative estimate of drug-likeness (QED) is 0.907. The molecule has 3 rings (SSSR count). The Morgan fingerprint density at radius 1 is 1.43 bits per heavy atom. The van der Waals surface area contributed by atoms with E-state index in [9.17, 15) is 9.90 Å². The largest absolute Gasteiger partial charge is 0.478 e. The predicted molar refractivity (Wildman–Crippen MR) is 80.8 cm³/mol. The van der Waals surface area contributed by atoms with Gasteiger partial charge in [-0.3, -0.25) is 0 Å². The van der Waals surface area contributed by atoms with Crippen molar-refractivity contribution in [2.24, 2.45) is 0 Å². The number of carboxylic acid groups (broad SMARTS) is 1. The summed E-state index contributed by atoms with van der Waals surface area (Å²) in [7, 11) is 0. The molecule has 1 fully saturated rings. The molecule has 1 saturated heterocycles.